The Kier molecular flexibility index (Phi) is 6.88. The van der Waals surface area contributed by atoms with Crippen LogP contribution >= 0.6 is 0 Å². The van der Waals surface area contributed by atoms with E-state index in [0.29, 0.717) is 24.3 Å². The molecule has 0 aromatic heterocycles. The van der Waals surface area contributed by atoms with Crippen LogP contribution < -0.4 is 4.74 Å². The lowest BCUT2D eigenvalue weighted by atomic mass is 10.0. The van der Waals surface area contributed by atoms with Crippen LogP contribution in [0.2, 0.25) is 0 Å². The minimum Gasteiger partial charge on any atom is -0.494 e. The Morgan fingerprint density at radius 2 is 1.59 bits per heavy atom. The summed E-state index contributed by atoms with van der Waals surface area (Å²) in [6.07, 6.45) is 4.57. The highest BCUT2D eigenvalue weighted by Crippen LogP contribution is 2.34. The van der Waals surface area contributed by atoms with E-state index >= 15 is 0 Å². The molecular formula is C26H29FN2O3. The van der Waals surface area contributed by atoms with Crippen molar-refractivity contribution in [2.45, 2.75) is 39.0 Å². The largest absolute Gasteiger partial charge is 0.494 e. The molecule has 0 atom stereocenters. The Hall–Kier alpha value is -3.15. The number of rotatable bonds is 8. The average Bonchev–Trinajstić information content (AvgIpc) is 3.07. The van der Waals surface area contributed by atoms with Gasteiger partial charge in [0.2, 0.25) is 0 Å². The maximum atomic E-state index is 13.4. The Bertz CT molecular complexity index is 993. The molecule has 2 aromatic rings. The fourth-order valence-electron chi connectivity index (χ4n) is 4.27. The average molecular weight is 437 g/mol. The van der Waals surface area contributed by atoms with Gasteiger partial charge in [0.1, 0.15) is 17.3 Å². The topological polar surface area (TPSA) is 49.9 Å². The lowest BCUT2D eigenvalue weighted by molar-refractivity contribution is -0.137. The molecule has 2 aromatic carbocycles. The smallest absolute Gasteiger partial charge is 0.277 e. The minimum atomic E-state index is -0.301. The maximum absolute atomic E-state index is 13.4. The van der Waals surface area contributed by atoms with Crippen molar-refractivity contribution in [3.8, 4) is 5.75 Å². The molecule has 2 heterocycles. The summed E-state index contributed by atoms with van der Waals surface area (Å²) in [6, 6.07) is 13.6. The molecule has 32 heavy (non-hydrogen) atoms. The molecular weight excluding hydrogens is 407 g/mol. The van der Waals surface area contributed by atoms with Gasteiger partial charge in [0, 0.05) is 19.6 Å². The van der Waals surface area contributed by atoms with Crippen LogP contribution in [0.3, 0.4) is 0 Å². The normalized spacial score (nSPS) is 16.8. The molecule has 4 rings (SSSR count). The number of imide groups is 1. The number of hydrogen-bond acceptors (Lipinski definition) is 4. The second-order valence-corrected chi connectivity index (χ2v) is 8.28. The van der Waals surface area contributed by atoms with Crippen LogP contribution in [-0.4, -0.2) is 47.9 Å². The fraction of sp³-hybridized carbons (Fsp3) is 0.385. The second-order valence-electron chi connectivity index (χ2n) is 8.28. The first-order valence-corrected chi connectivity index (χ1v) is 11.4. The van der Waals surface area contributed by atoms with Gasteiger partial charge in [-0.15, -0.1) is 0 Å². The van der Waals surface area contributed by atoms with Crippen LogP contribution in [0.25, 0.3) is 5.57 Å². The zero-order chi connectivity index (χ0) is 22.5. The van der Waals surface area contributed by atoms with Crippen LogP contribution in [0, 0.1) is 5.82 Å². The molecule has 0 saturated carbocycles. The molecule has 1 fully saturated rings. The monoisotopic (exact) mass is 436 g/mol. The Balaban J connectivity index is 1.60. The highest BCUT2D eigenvalue weighted by molar-refractivity contribution is 6.35. The molecule has 0 aliphatic carbocycles. The summed E-state index contributed by atoms with van der Waals surface area (Å²) in [7, 11) is 0. The van der Waals surface area contributed by atoms with Crippen molar-refractivity contribution in [3.05, 3.63) is 71.2 Å². The fourth-order valence-corrected chi connectivity index (χ4v) is 4.27. The van der Waals surface area contributed by atoms with E-state index in [1.807, 2.05) is 31.2 Å². The number of carbonyl (C=O) groups excluding carboxylic acids is 2. The van der Waals surface area contributed by atoms with Crippen molar-refractivity contribution in [1.29, 1.82) is 0 Å². The van der Waals surface area contributed by atoms with Gasteiger partial charge in [-0.25, -0.2) is 4.39 Å². The molecule has 1 saturated heterocycles. The zero-order valence-electron chi connectivity index (χ0n) is 18.5. The molecule has 0 spiro atoms. The van der Waals surface area contributed by atoms with E-state index in [4.69, 9.17) is 4.74 Å². The summed E-state index contributed by atoms with van der Waals surface area (Å²) >= 11 is 0. The van der Waals surface area contributed by atoms with E-state index in [1.165, 1.54) is 17.0 Å². The molecule has 2 aliphatic heterocycles. The Morgan fingerprint density at radius 1 is 0.906 bits per heavy atom. The first kappa shape index (κ1) is 22.1. The van der Waals surface area contributed by atoms with E-state index in [9.17, 15) is 14.0 Å². The summed E-state index contributed by atoms with van der Waals surface area (Å²) in [5.41, 5.74) is 2.60. The van der Waals surface area contributed by atoms with Gasteiger partial charge in [-0.05, 0) is 67.5 Å². The van der Waals surface area contributed by atoms with Gasteiger partial charge in [-0.3, -0.25) is 14.5 Å². The van der Waals surface area contributed by atoms with Gasteiger partial charge in [0.15, 0.2) is 0 Å². The van der Waals surface area contributed by atoms with Crippen molar-refractivity contribution in [1.82, 2.24) is 9.80 Å². The van der Waals surface area contributed by atoms with Crippen LogP contribution in [0.4, 0.5) is 4.39 Å². The number of amides is 2. The molecule has 2 aliphatic rings. The van der Waals surface area contributed by atoms with E-state index in [-0.39, 0.29) is 24.2 Å². The van der Waals surface area contributed by atoms with E-state index in [0.717, 1.165) is 55.6 Å². The van der Waals surface area contributed by atoms with Gasteiger partial charge in [0.25, 0.3) is 11.8 Å². The molecule has 168 valence electrons. The molecule has 0 bridgehead atoms. The molecule has 6 heteroatoms. The third-order valence-corrected chi connectivity index (χ3v) is 5.97. The van der Waals surface area contributed by atoms with Crippen molar-refractivity contribution in [3.63, 3.8) is 0 Å². The number of carbonyl (C=O) groups is 2. The number of benzene rings is 2. The summed E-state index contributed by atoms with van der Waals surface area (Å²) < 4.78 is 18.9. The van der Waals surface area contributed by atoms with E-state index in [1.54, 1.807) is 12.1 Å². The van der Waals surface area contributed by atoms with Crippen molar-refractivity contribution in [2.24, 2.45) is 0 Å². The van der Waals surface area contributed by atoms with Crippen LogP contribution in [-0.2, 0) is 16.0 Å². The first-order chi connectivity index (χ1) is 15.6. The van der Waals surface area contributed by atoms with Crippen LogP contribution in [0.15, 0.2) is 54.2 Å². The number of ether oxygens (including phenoxy) is 1. The molecule has 0 radical (unpaired) electrons. The first-order valence-electron chi connectivity index (χ1n) is 11.4. The van der Waals surface area contributed by atoms with Gasteiger partial charge < -0.3 is 9.64 Å². The minimum absolute atomic E-state index is 0.236. The predicted molar refractivity (Wildman–Crippen MR) is 121 cm³/mol. The molecule has 0 N–H and O–H groups in total. The van der Waals surface area contributed by atoms with Gasteiger partial charge >= 0.3 is 0 Å². The summed E-state index contributed by atoms with van der Waals surface area (Å²) in [5, 5.41) is 0. The number of halogens is 1. The summed E-state index contributed by atoms with van der Waals surface area (Å²) in [6.45, 7) is 4.51. The molecule has 0 unspecified atom stereocenters. The lowest BCUT2D eigenvalue weighted by Crippen LogP contribution is -2.38. The highest BCUT2D eigenvalue weighted by Gasteiger charge is 2.41. The summed E-state index contributed by atoms with van der Waals surface area (Å²) in [5.74, 6) is -0.0503. The number of hydrogen-bond donors (Lipinski definition) is 0. The van der Waals surface area contributed by atoms with Crippen molar-refractivity contribution < 1.29 is 18.7 Å². The third-order valence-electron chi connectivity index (χ3n) is 5.97. The lowest BCUT2D eigenvalue weighted by Gasteiger charge is -2.29. The number of likely N-dealkylation sites (tertiary alicyclic amines) is 1. The standard InChI is InChI=1S/C26H29FN2O3/c1-2-18-32-22-12-8-20(9-13-22)23-24(28-15-4-3-5-16-28)26(31)29(25(23)30)17-14-19-6-10-21(27)11-7-19/h6-13H,2-5,14-18H2,1H3. The maximum Gasteiger partial charge on any atom is 0.277 e. The van der Waals surface area contributed by atoms with E-state index in [2.05, 4.69) is 4.90 Å². The second kappa shape index (κ2) is 9.98. The molecule has 2 amide bonds. The Morgan fingerprint density at radius 3 is 2.25 bits per heavy atom. The van der Waals surface area contributed by atoms with Crippen LogP contribution in [0.1, 0.15) is 43.7 Å². The highest BCUT2D eigenvalue weighted by atomic mass is 19.1. The molecule has 5 nitrogen and oxygen atoms in total. The van der Waals surface area contributed by atoms with Crippen molar-refractivity contribution >= 4 is 17.4 Å². The van der Waals surface area contributed by atoms with Gasteiger partial charge in [-0.2, -0.15) is 0 Å². The zero-order valence-corrected chi connectivity index (χ0v) is 18.5. The third kappa shape index (κ3) is 4.69. The quantitative estimate of drug-likeness (QED) is 0.575. The predicted octanol–water partition coefficient (Wildman–Crippen LogP) is 4.42. The van der Waals surface area contributed by atoms with Gasteiger partial charge in [0.05, 0.1) is 12.2 Å². The van der Waals surface area contributed by atoms with E-state index < -0.39 is 0 Å². The van der Waals surface area contributed by atoms with Crippen molar-refractivity contribution in [2.75, 3.05) is 26.2 Å². The SMILES string of the molecule is CCCOc1ccc(C2=C(N3CCCCC3)C(=O)N(CCc3ccc(F)cc3)C2=O)cc1. The van der Waals surface area contributed by atoms with Crippen LogP contribution in [0.5, 0.6) is 5.75 Å². The Labute approximate surface area is 188 Å². The number of piperidine rings is 1. The van der Waals surface area contributed by atoms with Gasteiger partial charge in [-0.1, -0.05) is 31.2 Å². The summed E-state index contributed by atoms with van der Waals surface area (Å²) in [4.78, 5) is 30.2. The number of nitrogens with zero attached hydrogens (tertiary/aromatic N) is 2.